The van der Waals surface area contributed by atoms with Crippen molar-refractivity contribution in [3.05, 3.63) is 106 Å². The van der Waals surface area contributed by atoms with Gasteiger partial charge in [0.15, 0.2) is 5.65 Å². The summed E-state index contributed by atoms with van der Waals surface area (Å²) in [6, 6.07) is 21.1. The first kappa shape index (κ1) is 23.3. The zero-order chi connectivity index (χ0) is 22.8. The lowest BCUT2D eigenvalue weighted by molar-refractivity contribution is 0.340. The molecule has 0 amide bonds. The fourth-order valence-corrected chi connectivity index (χ4v) is 4.01. The summed E-state index contributed by atoms with van der Waals surface area (Å²) in [5.74, 6) is 0.802. The van der Waals surface area contributed by atoms with E-state index in [2.05, 4.69) is 4.98 Å². The quantitative estimate of drug-likeness (QED) is 0.306. The Bertz CT molecular complexity index is 1460. The van der Waals surface area contributed by atoms with Crippen LogP contribution in [-0.4, -0.2) is 25.8 Å². The van der Waals surface area contributed by atoms with Crippen LogP contribution in [0.1, 0.15) is 19.9 Å². The highest BCUT2D eigenvalue weighted by Crippen LogP contribution is 2.34. The van der Waals surface area contributed by atoms with E-state index in [1.165, 1.54) is 4.68 Å². The second kappa shape index (κ2) is 9.93. The number of rotatable bonds is 6. The molecule has 0 spiro atoms. The van der Waals surface area contributed by atoms with E-state index in [9.17, 15) is 4.79 Å². The summed E-state index contributed by atoms with van der Waals surface area (Å²) in [4.78, 5) is 17.3. The SMILES string of the molecule is C.CCOc1ccc(Cn2nc3c(-c4ccncc4)c(-c4ccc(Cl)cc4)ccn3c2=O)cc1. The van der Waals surface area contributed by atoms with Crippen LogP contribution in [0.2, 0.25) is 5.02 Å². The van der Waals surface area contributed by atoms with Crippen LogP contribution in [0.15, 0.2) is 90.1 Å². The first-order chi connectivity index (χ1) is 16.1. The molecule has 0 saturated heterocycles. The van der Waals surface area contributed by atoms with Crippen LogP contribution in [0.25, 0.3) is 27.9 Å². The number of pyridine rings is 2. The van der Waals surface area contributed by atoms with Gasteiger partial charge in [-0.2, -0.15) is 0 Å². The van der Waals surface area contributed by atoms with E-state index < -0.39 is 0 Å². The van der Waals surface area contributed by atoms with Crippen molar-refractivity contribution in [2.75, 3.05) is 6.61 Å². The molecule has 0 atom stereocenters. The molecule has 0 saturated carbocycles. The van der Waals surface area contributed by atoms with Gasteiger partial charge >= 0.3 is 5.69 Å². The summed E-state index contributed by atoms with van der Waals surface area (Å²) in [6.07, 6.45) is 5.24. The molecule has 0 aliphatic rings. The molecule has 3 heterocycles. The maximum absolute atomic E-state index is 13.2. The van der Waals surface area contributed by atoms with Crippen LogP contribution < -0.4 is 10.4 Å². The Balaban J connectivity index is 0.00000274. The average molecular weight is 473 g/mol. The lowest BCUT2D eigenvalue weighted by Gasteiger charge is -2.11. The molecule has 5 aromatic rings. The topological polar surface area (TPSA) is 61.4 Å². The number of hydrogen-bond acceptors (Lipinski definition) is 4. The Kier molecular flexibility index (Phi) is 6.80. The van der Waals surface area contributed by atoms with Gasteiger partial charge in [-0.1, -0.05) is 43.3 Å². The molecule has 0 fully saturated rings. The van der Waals surface area contributed by atoms with Crippen LogP contribution in [0.5, 0.6) is 5.75 Å². The molecule has 2 aromatic carbocycles. The Morgan fingerprint density at radius 1 is 0.912 bits per heavy atom. The molecule has 0 aliphatic carbocycles. The highest BCUT2D eigenvalue weighted by atomic mass is 35.5. The second-order valence-corrected chi connectivity index (χ2v) is 7.99. The molecule has 0 bridgehead atoms. The standard InChI is InChI=1S/C26H21ClN4O2.CH4/c1-2-33-22-9-3-18(4-10-22)17-31-26(32)30-16-13-23(19-5-7-21(27)8-6-19)24(25(30)29-31)20-11-14-28-15-12-20;/h3-16H,2,17H2,1H3;1H4. The molecule has 172 valence electrons. The number of aromatic nitrogens is 4. The Hall–Kier alpha value is -3.90. The first-order valence-corrected chi connectivity index (χ1v) is 11.0. The van der Waals surface area contributed by atoms with Crippen molar-refractivity contribution in [1.82, 2.24) is 19.2 Å². The van der Waals surface area contributed by atoms with E-state index >= 15 is 0 Å². The van der Waals surface area contributed by atoms with Gasteiger partial charge < -0.3 is 4.74 Å². The van der Waals surface area contributed by atoms with Crippen LogP contribution in [0.3, 0.4) is 0 Å². The van der Waals surface area contributed by atoms with Gasteiger partial charge in [0.2, 0.25) is 0 Å². The number of halogens is 1. The molecule has 0 radical (unpaired) electrons. The van der Waals surface area contributed by atoms with Gasteiger partial charge in [-0.25, -0.2) is 13.9 Å². The minimum absolute atomic E-state index is 0. The van der Waals surface area contributed by atoms with Gasteiger partial charge in [0.25, 0.3) is 0 Å². The Morgan fingerprint density at radius 3 is 2.29 bits per heavy atom. The summed E-state index contributed by atoms with van der Waals surface area (Å²) in [6.45, 7) is 2.92. The maximum atomic E-state index is 13.2. The van der Waals surface area contributed by atoms with Crippen molar-refractivity contribution < 1.29 is 4.74 Å². The zero-order valence-electron chi connectivity index (χ0n) is 18.0. The highest BCUT2D eigenvalue weighted by Gasteiger charge is 2.17. The van der Waals surface area contributed by atoms with Gasteiger partial charge in [0.05, 0.1) is 13.2 Å². The zero-order valence-corrected chi connectivity index (χ0v) is 18.7. The van der Waals surface area contributed by atoms with E-state index in [-0.39, 0.29) is 13.1 Å². The fraction of sp³-hybridized carbons (Fsp3) is 0.148. The summed E-state index contributed by atoms with van der Waals surface area (Å²) < 4.78 is 8.58. The number of hydrogen-bond donors (Lipinski definition) is 0. The number of ether oxygens (including phenoxy) is 1. The fourth-order valence-electron chi connectivity index (χ4n) is 3.88. The molecular weight excluding hydrogens is 448 g/mol. The van der Waals surface area contributed by atoms with E-state index in [1.807, 2.05) is 73.7 Å². The Labute approximate surface area is 203 Å². The first-order valence-electron chi connectivity index (χ1n) is 10.6. The molecule has 0 aliphatic heterocycles. The average Bonchev–Trinajstić information content (AvgIpc) is 3.16. The van der Waals surface area contributed by atoms with Crippen LogP contribution >= 0.6 is 11.6 Å². The lowest BCUT2D eigenvalue weighted by atomic mass is 9.96. The Morgan fingerprint density at radius 2 is 1.62 bits per heavy atom. The van der Waals surface area contributed by atoms with Crippen molar-refractivity contribution in [1.29, 1.82) is 0 Å². The predicted molar refractivity (Wildman–Crippen MR) is 137 cm³/mol. The van der Waals surface area contributed by atoms with Gasteiger partial charge in [0.1, 0.15) is 5.75 Å². The van der Waals surface area contributed by atoms with E-state index in [0.717, 1.165) is 33.6 Å². The molecule has 5 rings (SSSR count). The number of benzene rings is 2. The van der Waals surface area contributed by atoms with Crippen LogP contribution in [-0.2, 0) is 6.54 Å². The monoisotopic (exact) mass is 472 g/mol. The summed E-state index contributed by atoms with van der Waals surface area (Å²) in [7, 11) is 0. The second-order valence-electron chi connectivity index (χ2n) is 7.56. The van der Waals surface area contributed by atoms with Crippen molar-refractivity contribution in [2.24, 2.45) is 0 Å². The third kappa shape index (κ3) is 4.45. The summed E-state index contributed by atoms with van der Waals surface area (Å²) >= 11 is 6.10. The van der Waals surface area contributed by atoms with Crippen molar-refractivity contribution in [2.45, 2.75) is 20.9 Å². The van der Waals surface area contributed by atoms with Crippen molar-refractivity contribution in [3.63, 3.8) is 0 Å². The molecular formula is C27H25ClN4O2. The van der Waals surface area contributed by atoms with Crippen LogP contribution in [0.4, 0.5) is 0 Å². The highest BCUT2D eigenvalue weighted by molar-refractivity contribution is 6.30. The predicted octanol–water partition coefficient (Wildman–Crippen LogP) is 5.96. The molecule has 6 nitrogen and oxygen atoms in total. The van der Waals surface area contributed by atoms with Gasteiger partial charge in [-0.15, -0.1) is 5.10 Å². The molecule has 0 unspecified atom stereocenters. The minimum Gasteiger partial charge on any atom is -0.494 e. The number of nitrogens with zero attached hydrogens (tertiary/aromatic N) is 4. The lowest BCUT2D eigenvalue weighted by Crippen LogP contribution is -2.21. The van der Waals surface area contributed by atoms with E-state index in [0.29, 0.717) is 23.8 Å². The smallest absolute Gasteiger partial charge is 0.350 e. The van der Waals surface area contributed by atoms with Gasteiger partial charge in [-0.3, -0.25) is 4.98 Å². The van der Waals surface area contributed by atoms with E-state index in [4.69, 9.17) is 21.4 Å². The molecule has 3 aromatic heterocycles. The minimum atomic E-state index is -0.197. The molecule has 7 heteroatoms. The summed E-state index contributed by atoms with van der Waals surface area (Å²) in [5.41, 5.74) is 5.10. The summed E-state index contributed by atoms with van der Waals surface area (Å²) in [5, 5.41) is 5.40. The van der Waals surface area contributed by atoms with Crippen molar-refractivity contribution in [3.8, 4) is 28.0 Å². The van der Waals surface area contributed by atoms with E-state index in [1.54, 1.807) is 23.0 Å². The maximum Gasteiger partial charge on any atom is 0.350 e. The van der Waals surface area contributed by atoms with Crippen molar-refractivity contribution >= 4 is 17.2 Å². The molecule has 0 N–H and O–H groups in total. The third-order valence-electron chi connectivity index (χ3n) is 5.44. The normalized spacial score (nSPS) is 10.8. The number of fused-ring (bicyclic) bond motifs is 1. The van der Waals surface area contributed by atoms with Crippen LogP contribution in [0, 0.1) is 0 Å². The van der Waals surface area contributed by atoms with Gasteiger partial charge in [-0.05, 0) is 71.6 Å². The largest absolute Gasteiger partial charge is 0.494 e. The third-order valence-corrected chi connectivity index (χ3v) is 5.70. The van der Waals surface area contributed by atoms with Gasteiger partial charge in [0, 0.05) is 29.2 Å². The molecule has 34 heavy (non-hydrogen) atoms.